The second-order valence-electron chi connectivity index (χ2n) is 4.42. The number of hydrogen-bond acceptors (Lipinski definition) is 4. The fourth-order valence-electron chi connectivity index (χ4n) is 1.26. The lowest BCUT2D eigenvalue weighted by Gasteiger charge is -2.07. The molecule has 5 heteroatoms. The lowest BCUT2D eigenvalue weighted by Crippen LogP contribution is -2.28. The van der Waals surface area contributed by atoms with Crippen LogP contribution in [0.1, 0.15) is 25.2 Å². The SMILES string of the molecule is Cc1cc(C)nc(SCC(=O)NCC(C)C)n1. The van der Waals surface area contributed by atoms with E-state index in [2.05, 4.69) is 29.1 Å². The normalized spacial score (nSPS) is 10.6. The highest BCUT2D eigenvalue weighted by atomic mass is 32.2. The molecule has 0 aliphatic rings. The number of nitrogens with one attached hydrogen (secondary N) is 1. The van der Waals surface area contributed by atoms with E-state index >= 15 is 0 Å². The van der Waals surface area contributed by atoms with Crippen LogP contribution in [-0.4, -0.2) is 28.2 Å². The molecule has 0 saturated carbocycles. The summed E-state index contributed by atoms with van der Waals surface area (Å²) in [6.07, 6.45) is 0. The minimum atomic E-state index is 0.0338. The second-order valence-corrected chi connectivity index (χ2v) is 5.36. The summed E-state index contributed by atoms with van der Waals surface area (Å²) in [4.78, 5) is 20.0. The summed E-state index contributed by atoms with van der Waals surface area (Å²) in [7, 11) is 0. The first-order valence-electron chi connectivity index (χ1n) is 5.69. The quantitative estimate of drug-likeness (QED) is 0.644. The first-order chi connectivity index (χ1) is 7.97. The molecule has 0 fully saturated rings. The highest BCUT2D eigenvalue weighted by Gasteiger charge is 2.06. The van der Waals surface area contributed by atoms with E-state index in [9.17, 15) is 4.79 Å². The molecule has 1 amide bonds. The molecule has 0 aromatic carbocycles. The zero-order valence-electron chi connectivity index (χ0n) is 10.8. The van der Waals surface area contributed by atoms with E-state index in [1.807, 2.05) is 19.9 Å². The summed E-state index contributed by atoms with van der Waals surface area (Å²) < 4.78 is 0. The van der Waals surface area contributed by atoms with Gasteiger partial charge < -0.3 is 5.32 Å². The zero-order valence-corrected chi connectivity index (χ0v) is 11.6. The first kappa shape index (κ1) is 14.0. The van der Waals surface area contributed by atoms with Crippen LogP contribution in [0.5, 0.6) is 0 Å². The zero-order chi connectivity index (χ0) is 12.8. The van der Waals surface area contributed by atoms with Gasteiger partial charge in [-0.05, 0) is 25.8 Å². The van der Waals surface area contributed by atoms with Crippen molar-refractivity contribution in [3.8, 4) is 0 Å². The number of carbonyl (C=O) groups excluding carboxylic acids is 1. The highest BCUT2D eigenvalue weighted by Crippen LogP contribution is 2.13. The molecule has 0 radical (unpaired) electrons. The molecule has 1 aromatic rings. The van der Waals surface area contributed by atoms with Crippen molar-refractivity contribution in [1.82, 2.24) is 15.3 Å². The van der Waals surface area contributed by atoms with E-state index in [1.54, 1.807) is 0 Å². The van der Waals surface area contributed by atoms with E-state index in [0.29, 0.717) is 23.4 Å². The topological polar surface area (TPSA) is 54.9 Å². The van der Waals surface area contributed by atoms with Crippen molar-refractivity contribution in [2.45, 2.75) is 32.9 Å². The molecule has 0 saturated heterocycles. The van der Waals surface area contributed by atoms with E-state index in [-0.39, 0.29) is 5.91 Å². The maximum absolute atomic E-state index is 11.5. The predicted octanol–water partition coefficient (Wildman–Crippen LogP) is 1.96. The highest BCUT2D eigenvalue weighted by molar-refractivity contribution is 7.99. The third-order valence-electron chi connectivity index (χ3n) is 2.00. The van der Waals surface area contributed by atoms with Crippen LogP contribution in [0.15, 0.2) is 11.2 Å². The Bertz CT molecular complexity index is 373. The number of thioether (sulfide) groups is 1. The Balaban J connectivity index is 2.42. The lowest BCUT2D eigenvalue weighted by atomic mass is 10.2. The van der Waals surface area contributed by atoms with Gasteiger partial charge >= 0.3 is 0 Å². The van der Waals surface area contributed by atoms with Gasteiger partial charge in [-0.1, -0.05) is 25.6 Å². The molecule has 1 aromatic heterocycles. The van der Waals surface area contributed by atoms with Crippen molar-refractivity contribution < 1.29 is 4.79 Å². The van der Waals surface area contributed by atoms with Crippen molar-refractivity contribution in [2.75, 3.05) is 12.3 Å². The number of hydrogen-bond donors (Lipinski definition) is 1. The molecule has 0 unspecified atom stereocenters. The van der Waals surface area contributed by atoms with E-state index < -0.39 is 0 Å². The number of aromatic nitrogens is 2. The summed E-state index contributed by atoms with van der Waals surface area (Å²) in [5.74, 6) is 0.878. The van der Waals surface area contributed by atoms with E-state index in [4.69, 9.17) is 0 Å². The average Bonchev–Trinajstić information content (AvgIpc) is 2.22. The predicted molar refractivity (Wildman–Crippen MR) is 70.1 cm³/mol. The molecule has 0 bridgehead atoms. The van der Waals surface area contributed by atoms with Crippen LogP contribution in [0.3, 0.4) is 0 Å². The van der Waals surface area contributed by atoms with E-state index in [1.165, 1.54) is 11.8 Å². The first-order valence-corrected chi connectivity index (χ1v) is 6.67. The number of nitrogens with zero attached hydrogens (tertiary/aromatic N) is 2. The van der Waals surface area contributed by atoms with Gasteiger partial charge in [0.2, 0.25) is 5.91 Å². The maximum atomic E-state index is 11.5. The Labute approximate surface area is 107 Å². The summed E-state index contributed by atoms with van der Waals surface area (Å²) in [5.41, 5.74) is 1.87. The van der Waals surface area contributed by atoms with Gasteiger partial charge in [-0.2, -0.15) is 0 Å². The average molecular weight is 253 g/mol. The van der Waals surface area contributed by atoms with Crippen LogP contribution in [0.25, 0.3) is 0 Å². The van der Waals surface area contributed by atoms with Crippen LogP contribution in [0.2, 0.25) is 0 Å². The molecule has 0 spiro atoms. The molecule has 0 atom stereocenters. The number of aryl methyl sites for hydroxylation is 2. The Morgan fingerprint density at radius 3 is 2.47 bits per heavy atom. The van der Waals surface area contributed by atoms with Gasteiger partial charge in [0.25, 0.3) is 0 Å². The number of rotatable bonds is 5. The van der Waals surface area contributed by atoms with Crippen molar-refractivity contribution >= 4 is 17.7 Å². The minimum Gasteiger partial charge on any atom is -0.355 e. The molecule has 17 heavy (non-hydrogen) atoms. The Morgan fingerprint density at radius 1 is 1.35 bits per heavy atom. The third-order valence-corrected chi connectivity index (χ3v) is 2.85. The van der Waals surface area contributed by atoms with Crippen molar-refractivity contribution in [1.29, 1.82) is 0 Å². The molecule has 94 valence electrons. The van der Waals surface area contributed by atoms with Crippen molar-refractivity contribution in [2.24, 2.45) is 5.92 Å². The van der Waals surface area contributed by atoms with Crippen LogP contribution in [0, 0.1) is 19.8 Å². The van der Waals surface area contributed by atoms with E-state index in [0.717, 1.165) is 11.4 Å². The molecular weight excluding hydrogens is 234 g/mol. The molecule has 0 aliphatic heterocycles. The molecule has 0 aliphatic carbocycles. The number of amides is 1. The van der Waals surface area contributed by atoms with Gasteiger partial charge in [-0.25, -0.2) is 9.97 Å². The molecule has 1 heterocycles. The second kappa shape index (κ2) is 6.59. The molecule has 1 rings (SSSR count). The summed E-state index contributed by atoms with van der Waals surface area (Å²) in [6.45, 7) is 8.71. The summed E-state index contributed by atoms with van der Waals surface area (Å²) in [6, 6.07) is 1.92. The van der Waals surface area contributed by atoms with Gasteiger partial charge in [-0.3, -0.25) is 4.79 Å². The van der Waals surface area contributed by atoms with Crippen molar-refractivity contribution in [3.05, 3.63) is 17.5 Å². The summed E-state index contributed by atoms with van der Waals surface area (Å²) in [5, 5.41) is 3.53. The fourth-order valence-corrected chi connectivity index (χ4v) is 2.04. The van der Waals surface area contributed by atoms with Crippen molar-refractivity contribution in [3.63, 3.8) is 0 Å². The van der Waals surface area contributed by atoms with Crippen LogP contribution in [-0.2, 0) is 4.79 Å². The van der Waals surface area contributed by atoms with Gasteiger partial charge in [0.15, 0.2) is 5.16 Å². The van der Waals surface area contributed by atoms with Crippen LogP contribution < -0.4 is 5.32 Å². The standard InChI is InChI=1S/C12H19N3OS/c1-8(2)6-13-11(16)7-17-12-14-9(3)5-10(4)15-12/h5,8H,6-7H2,1-4H3,(H,13,16). The lowest BCUT2D eigenvalue weighted by molar-refractivity contribution is -0.118. The monoisotopic (exact) mass is 253 g/mol. The molecular formula is C12H19N3OS. The smallest absolute Gasteiger partial charge is 0.230 e. The molecule has 4 nitrogen and oxygen atoms in total. The Morgan fingerprint density at radius 2 is 1.94 bits per heavy atom. The van der Waals surface area contributed by atoms with Crippen LogP contribution in [0.4, 0.5) is 0 Å². The van der Waals surface area contributed by atoms with Gasteiger partial charge in [0.05, 0.1) is 5.75 Å². The molecule has 1 N–H and O–H groups in total. The van der Waals surface area contributed by atoms with Gasteiger partial charge in [-0.15, -0.1) is 0 Å². The number of carbonyl (C=O) groups is 1. The largest absolute Gasteiger partial charge is 0.355 e. The Kier molecular flexibility index (Phi) is 5.41. The van der Waals surface area contributed by atoms with Crippen LogP contribution >= 0.6 is 11.8 Å². The summed E-state index contributed by atoms with van der Waals surface area (Å²) >= 11 is 1.37. The van der Waals surface area contributed by atoms with Gasteiger partial charge in [0.1, 0.15) is 0 Å². The van der Waals surface area contributed by atoms with Gasteiger partial charge in [0, 0.05) is 17.9 Å². The fraction of sp³-hybridized carbons (Fsp3) is 0.583. The Hall–Kier alpha value is -1.10. The minimum absolute atomic E-state index is 0.0338. The third kappa shape index (κ3) is 5.68. The maximum Gasteiger partial charge on any atom is 0.230 e.